The number of thiophene rings is 1. The molecular formula is C17H19NO2S. The Labute approximate surface area is 128 Å². The van der Waals surface area contributed by atoms with Crippen LogP contribution >= 0.6 is 11.3 Å². The second-order valence-corrected chi connectivity index (χ2v) is 6.98. The lowest BCUT2D eigenvalue weighted by atomic mass is 9.74. The molecule has 3 nitrogen and oxygen atoms in total. The van der Waals surface area contributed by atoms with Crippen LogP contribution in [0.15, 0.2) is 41.1 Å². The van der Waals surface area contributed by atoms with Gasteiger partial charge in [0.2, 0.25) is 0 Å². The van der Waals surface area contributed by atoms with Crippen molar-refractivity contribution in [2.75, 3.05) is 26.3 Å². The van der Waals surface area contributed by atoms with Gasteiger partial charge in [0, 0.05) is 31.0 Å². The molecule has 1 N–H and O–H groups in total. The lowest BCUT2D eigenvalue weighted by Crippen LogP contribution is -2.42. The predicted octanol–water partition coefficient (Wildman–Crippen LogP) is 2.72. The number of aliphatic hydroxyl groups excluding tert-OH is 1. The zero-order chi connectivity index (χ0) is 14.3. The number of rotatable bonds is 3. The molecule has 1 saturated heterocycles. The Morgan fingerprint density at radius 2 is 2.24 bits per heavy atom. The third-order valence-electron chi connectivity index (χ3n) is 4.83. The first-order valence-electron chi connectivity index (χ1n) is 7.37. The highest BCUT2D eigenvalue weighted by molar-refractivity contribution is 7.07. The molecule has 4 heteroatoms. The molecule has 2 aliphatic rings. The van der Waals surface area contributed by atoms with Crippen LogP contribution < -0.4 is 4.74 Å². The van der Waals surface area contributed by atoms with Crippen molar-refractivity contribution in [3.8, 4) is 5.75 Å². The summed E-state index contributed by atoms with van der Waals surface area (Å²) in [6.07, 6.45) is 0. The average Bonchev–Trinajstić information content (AvgIpc) is 3.15. The first kappa shape index (κ1) is 13.3. The highest BCUT2D eigenvalue weighted by Gasteiger charge is 2.50. The maximum absolute atomic E-state index is 10.0. The van der Waals surface area contributed by atoms with Crippen molar-refractivity contribution in [1.82, 2.24) is 4.90 Å². The van der Waals surface area contributed by atoms with Crippen molar-refractivity contribution in [1.29, 1.82) is 0 Å². The van der Waals surface area contributed by atoms with Crippen LogP contribution in [0.2, 0.25) is 0 Å². The largest absolute Gasteiger partial charge is 0.493 e. The molecule has 1 aromatic carbocycles. The van der Waals surface area contributed by atoms with Crippen molar-refractivity contribution >= 4 is 11.3 Å². The lowest BCUT2D eigenvalue weighted by molar-refractivity contribution is 0.0457. The Morgan fingerprint density at radius 3 is 3.05 bits per heavy atom. The number of hydrogen-bond acceptors (Lipinski definition) is 4. The first-order valence-corrected chi connectivity index (χ1v) is 8.31. The van der Waals surface area contributed by atoms with Gasteiger partial charge in [-0.25, -0.2) is 0 Å². The first-order chi connectivity index (χ1) is 10.3. The van der Waals surface area contributed by atoms with Gasteiger partial charge in [0.1, 0.15) is 5.75 Å². The molecule has 0 amide bonds. The van der Waals surface area contributed by atoms with Crippen LogP contribution in [0, 0.1) is 5.41 Å². The molecule has 0 bridgehead atoms. The van der Waals surface area contributed by atoms with Crippen LogP contribution in [0.25, 0.3) is 0 Å². The third-order valence-corrected chi connectivity index (χ3v) is 5.56. The highest BCUT2D eigenvalue weighted by atomic mass is 32.1. The minimum Gasteiger partial charge on any atom is -0.493 e. The van der Waals surface area contributed by atoms with Crippen LogP contribution in [-0.2, 0) is 6.54 Å². The van der Waals surface area contributed by atoms with Gasteiger partial charge < -0.3 is 9.84 Å². The van der Waals surface area contributed by atoms with Gasteiger partial charge in [-0.1, -0.05) is 18.2 Å². The number of hydrogen-bond donors (Lipinski definition) is 1. The number of para-hydroxylation sites is 1. The monoisotopic (exact) mass is 301 g/mol. The molecule has 4 rings (SSSR count). The van der Waals surface area contributed by atoms with E-state index in [0.717, 1.165) is 25.4 Å². The Bertz CT molecular complexity index is 627. The molecule has 0 spiro atoms. The van der Waals surface area contributed by atoms with Crippen molar-refractivity contribution in [2.24, 2.45) is 5.41 Å². The smallest absolute Gasteiger partial charge is 0.122 e. The Balaban J connectivity index is 1.63. The minimum absolute atomic E-state index is 0.148. The maximum Gasteiger partial charge on any atom is 0.122 e. The van der Waals surface area contributed by atoms with Crippen molar-refractivity contribution in [2.45, 2.75) is 12.5 Å². The van der Waals surface area contributed by atoms with E-state index in [9.17, 15) is 5.11 Å². The van der Waals surface area contributed by atoms with E-state index in [4.69, 9.17) is 4.74 Å². The number of fused-ring (bicyclic) bond motifs is 3. The van der Waals surface area contributed by atoms with Crippen LogP contribution in [0.5, 0.6) is 5.75 Å². The number of ether oxygens (including phenoxy) is 1. The van der Waals surface area contributed by atoms with Crippen LogP contribution in [0.4, 0.5) is 0 Å². The summed E-state index contributed by atoms with van der Waals surface area (Å²) >= 11 is 1.74. The summed E-state index contributed by atoms with van der Waals surface area (Å²) < 4.78 is 5.93. The molecule has 0 saturated carbocycles. The summed E-state index contributed by atoms with van der Waals surface area (Å²) in [4.78, 5) is 2.45. The number of nitrogens with zero attached hydrogens (tertiary/aromatic N) is 1. The van der Waals surface area contributed by atoms with Crippen molar-refractivity contribution in [3.63, 3.8) is 0 Å². The molecule has 2 aliphatic heterocycles. The summed E-state index contributed by atoms with van der Waals surface area (Å²) in [7, 11) is 0. The summed E-state index contributed by atoms with van der Waals surface area (Å²) in [5.74, 6) is 1.36. The zero-order valence-corrected chi connectivity index (χ0v) is 12.7. The molecule has 3 heterocycles. The number of likely N-dealkylation sites (tertiary alicyclic amines) is 1. The fourth-order valence-electron chi connectivity index (χ4n) is 3.73. The highest BCUT2D eigenvalue weighted by Crippen LogP contribution is 2.49. The van der Waals surface area contributed by atoms with E-state index in [1.165, 1.54) is 11.1 Å². The van der Waals surface area contributed by atoms with E-state index < -0.39 is 0 Å². The van der Waals surface area contributed by atoms with E-state index >= 15 is 0 Å². The summed E-state index contributed by atoms with van der Waals surface area (Å²) in [5, 5.41) is 14.3. The Hall–Kier alpha value is -1.36. The third kappa shape index (κ3) is 2.18. The SMILES string of the molecule is OC[C@@]12COc3ccccc3[C@@H]1CN(Cc1ccsc1)C2. The summed E-state index contributed by atoms with van der Waals surface area (Å²) in [6.45, 7) is 3.66. The second-order valence-electron chi connectivity index (χ2n) is 6.20. The Kier molecular flexibility index (Phi) is 3.25. The van der Waals surface area contributed by atoms with E-state index in [2.05, 4.69) is 33.9 Å². The quantitative estimate of drug-likeness (QED) is 0.946. The second kappa shape index (κ2) is 5.13. The van der Waals surface area contributed by atoms with E-state index in [-0.39, 0.29) is 12.0 Å². The normalized spacial score (nSPS) is 28.0. The molecule has 2 aromatic rings. The number of aliphatic hydroxyl groups is 1. The fraction of sp³-hybridized carbons (Fsp3) is 0.412. The van der Waals surface area contributed by atoms with Crippen molar-refractivity contribution in [3.05, 3.63) is 52.2 Å². The van der Waals surface area contributed by atoms with E-state index in [1.807, 2.05) is 12.1 Å². The van der Waals surface area contributed by atoms with Gasteiger partial charge >= 0.3 is 0 Å². The molecule has 2 atom stereocenters. The fourth-order valence-corrected chi connectivity index (χ4v) is 4.39. The zero-order valence-electron chi connectivity index (χ0n) is 11.9. The van der Waals surface area contributed by atoms with Crippen LogP contribution in [-0.4, -0.2) is 36.3 Å². The van der Waals surface area contributed by atoms with Crippen LogP contribution in [0.3, 0.4) is 0 Å². The van der Waals surface area contributed by atoms with Gasteiger partial charge in [-0.15, -0.1) is 0 Å². The lowest BCUT2D eigenvalue weighted by Gasteiger charge is -2.38. The van der Waals surface area contributed by atoms with Crippen molar-refractivity contribution < 1.29 is 9.84 Å². The summed E-state index contributed by atoms with van der Waals surface area (Å²) in [5.41, 5.74) is 2.47. The van der Waals surface area contributed by atoms with Gasteiger partial charge in [0.05, 0.1) is 13.2 Å². The van der Waals surface area contributed by atoms with Gasteiger partial charge in [-0.05, 0) is 34.0 Å². The molecule has 21 heavy (non-hydrogen) atoms. The summed E-state index contributed by atoms with van der Waals surface area (Å²) in [6, 6.07) is 10.5. The van der Waals surface area contributed by atoms with E-state index in [0.29, 0.717) is 12.5 Å². The Morgan fingerprint density at radius 1 is 1.33 bits per heavy atom. The maximum atomic E-state index is 10.0. The van der Waals surface area contributed by atoms with Gasteiger partial charge in [0.15, 0.2) is 0 Å². The van der Waals surface area contributed by atoms with Crippen LogP contribution in [0.1, 0.15) is 17.0 Å². The predicted molar refractivity (Wildman–Crippen MR) is 83.8 cm³/mol. The standard InChI is InChI=1S/C17H19NO2S/c19-11-17-10-18(7-13-5-6-21-9-13)8-15(17)14-3-1-2-4-16(14)20-12-17/h1-6,9,15,19H,7-8,10-12H2/t15-,17-/m0/s1. The molecule has 0 unspecified atom stereocenters. The minimum atomic E-state index is -0.148. The molecule has 110 valence electrons. The van der Waals surface area contributed by atoms with Gasteiger partial charge in [0.25, 0.3) is 0 Å². The van der Waals surface area contributed by atoms with Gasteiger partial charge in [-0.2, -0.15) is 11.3 Å². The average molecular weight is 301 g/mol. The molecule has 1 fully saturated rings. The molecule has 0 radical (unpaired) electrons. The molecular weight excluding hydrogens is 282 g/mol. The van der Waals surface area contributed by atoms with Gasteiger partial charge in [-0.3, -0.25) is 4.90 Å². The number of benzene rings is 1. The molecule has 0 aliphatic carbocycles. The molecule has 1 aromatic heterocycles. The van der Waals surface area contributed by atoms with E-state index in [1.54, 1.807) is 11.3 Å². The topological polar surface area (TPSA) is 32.7 Å².